The number of fused-ring (bicyclic) bond motifs is 7. The zero-order chi connectivity index (χ0) is 37.5. The van der Waals surface area contributed by atoms with Crippen LogP contribution < -0.4 is 5.32 Å². The number of hydrogen-bond acceptors (Lipinski definition) is 4. The molecule has 6 heteroatoms. The fourth-order valence-electron chi connectivity index (χ4n) is 15.3. The first-order valence-corrected chi connectivity index (χ1v) is 22.6. The number of nitrogens with one attached hydrogen (secondary N) is 1. The molecule has 0 bridgehead atoms. The van der Waals surface area contributed by atoms with Crippen molar-refractivity contribution >= 4 is 17.7 Å². The second-order valence-corrected chi connectivity index (χ2v) is 22.0. The highest BCUT2D eigenvalue weighted by molar-refractivity contribution is 7.99. The Morgan fingerprint density at radius 3 is 2.25 bits per heavy atom. The molecule has 0 aromatic heterocycles. The number of thioether (sulfide) groups is 1. The van der Waals surface area contributed by atoms with Crippen LogP contribution in [0.5, 0.6) is 0 Å². The lowest BCUT2D eigenvalue weighted by molar-refractivity contribution is -0.221. The van der Waals surface area contributed by atoms with Gasteiger partial charge >= 0.3 is 5.97 Å². The minimum atomic E-state index is -1.25. The topological polar surface area (TPSA) is 69.6 Å². The molecule has 0 radical (unpaired) electrons. The van der Waals surface area contributed by atoms with E-state index in [1.165, 1.54) is 68.1 Å². The zero-order valence-corrected chi connectivity index (χ0v) is 34.7. The highest BCUT2D eigenvalue weighted by atomic mass is 32.2. The SMILES string of the molecule is C=C(C)[C@@H]1CC[C@]2(NCC[C@]3(O)CC[C@H](SC)CC3)CC[C@]3(C)[C@H](CC[C@@H]4[C@@]5(C)CC=C(C6=CC[C@](CF)(C(=O)O)CC6)C(C)(C)[C@@H]5CC[C@]43C)[C@@H]12. The van der Waals surface area contributed by atoms with Crippen LogP contribution in [0.15, 0.2) is 35.5 Å². The molecule has 52 heavy (non-hydrogen) atoms. The highest BCUT2D eigenvalue weighted by Gasteiger charge is 2.70. The van der Waals surface area contributed by atoms with E-state index in [1.54, 1.807) is 0 Å². The second kappa shape index (κ2) is 13.5. The number of alkyl halides is 1. The standard InChI is InChI=1S/C46H72FNO3S/c1-30(2)33-15-24-46(48-28-27-45(51)22-13-32(52-8)14-23-45)26-25-42(6)35(38(33)46)9-10-37-41(5)18-16-34(40(3,4)36(41)17-19-43(37,42)7)31-11-20-44(29-47,21-12-31)39(49)50/h11,16,32-33,35-38,48,51H,1,9-10,12-15,17-29H2,2-8H3,(H,49,50)/t32-,33-,35+,36-,37+,38+,41-,42+,43+,44-,45-,46-/m0/s1. The summed E-state index contributed by atoms with van der Waals surface area (Å²) in [4.78, 5) is 12.0. The lowest BCUT2D eigenvalue weighted by Gasteiger charge is -2.72. The summed E-state index contributed by atoms with van der Waals surface area (Å²) in [6.07, 6.45) is 24.5. The van der Waals surface area contributed by atoms with Gasteiger partial charge in [-0.2, -0.15) is 11.8 Å². The van der Waals surface area contributed by atoms with Gasteiger partial charge in [0, 0.05) is 10.8 Å². The van der Waals surface area contributed by atoms with Gasteiger partial charge < -0.3 is 15.5 Å². The molecule has 292 valence electrons. The van der Waals surface area contributed by atoms with Crippen LogP contribution in [0.4, 0.5) is 4.39 Å². The van der Waals surface area contributed by atoms with Crippen LogP contribution in [-0.4, -0.2) is 52.0 Å². The molecule has 0 heterocycles. The predicted molar refractivity (Wildman–Crippen MR) is 214 cm³/mol. The first-order chi connectivity index (χ1) is 24.4. The molecule has 0 saturated heterocycles. The lowest BCUT2D eigenvalue weighted by Crippen LogP contribution is -2.68. The molecule has 0 amide bonds. The van der Waals surface area contributed by atoms with E-state index in [2.05, 4.69) is 71.8 Å². The lowest BCUT2D eigenvalue weighted by atomic mass is 9.33. The molecule has 7 rings (SSSR count). The minimum absolute atomic E-state index is 0.00230. The molecule has 0 unspecified atom stereocenters. The highest BCUT2D eigenvalue weighted by Crippen LogP contribution is 2.76. The van der Waals surface area contributed by atoms with Crippen LogP contribution in [0.3, 0.4) is 0 Å². The van der Waals surface area contributed by atoms with Gasteiger partial charge in [0.15, 0.2) is 0 Å². The normalized spacial score (nSPS) is 48.3. The number of carboxylic acids is 1. The summed E-state index contributed by atoms with van der Waals surface area (Å²) in [6.45, 7) is 20.1. The molecule has 5 saturated carbocycles. The summed E-state index contributed by atoms with van der Waals surface area (Å²) < 4.78 is 14.0. The molecular weight excluding hydrogens is 666 g/mol. The molecule has 0 aliphatic heterocycles. The van der Waals surface area contributed by atoms with Gasteiger partial charge in [-0.25, -0.2) is 4.39 Å². The molecule has 0 aromatic rings. The van der Waals surface area contributed by atoms with Gasteiger partial charge in [0.05, 0.1) is 11.0 Å². The molecule has 5 fully saturated rings. The maximum Gasteiger partial charge on any atom is 0.312 e. The van der Waals surface area contributed by atoms with Crippen molar-refractivity contribution in [3.63, 3.8) is 0 Å². The molecular formula is C46H72FNO3S. The first-order valence-electron chi connectivity index (χ1n) is 21.3. The molecule has 7 aliphatic rings. The Bertz CT molecular complexity index is 1480. The Hall–Kier alpha value is -1.11. The third-order valence-corrected chi connectivity index (χ3v) is 19.7. The molecule has 3 N–H and O–H groups in total. The van der Waals surface area contributed by atoms with Gasteiger partial charge in [-0.1, -0.05) is 58.9 Å². The van der Waals surface area contributed by atoms with E-state index in [0.29, 0.717) is 54.1 Å². The Kier molecular flexibility index (Phi) is 10.2. The monoisotopic (exact) mass is 738 g/mol. The number of carboxylic acid groups (broad SMARTS) is 1. The third kappa shape index (κ3) is 5.81. The van der Waals surface area contributed by atoms with E-state index in [1.807, 2.05) is 11.8 Å². The van der Waals surface area contributed by atoms with E-state index in [9.17, 15) is 19.4 Å². The van der Waals surface area contributed by atoms with E-state index < -0.39 is 23.7 Å². The van der Waals surface area contributed by atoms with Crippen LogP contribution >= 0.6 is 11.8 Å². The van der Waals surface area contributed by atoms with Crippen molar-refractivity contribution in [1.82, 2.24) is 5.32 Å². The van der Waals surface area contributed by atoms with Crippen LogP contribution in [0.25, 0.3) is 0 Å². The quantitative estimate of drug-likeness (QED) is 0.206. The summed E-state index contributed by atoms with van der Waals surface area (Å²) in [5.41, 5.74) is 3.24. The summed E-state index contributed by atoms with van der Waals surface area (Å²) in [6, 6.07) is 0. The average molecular weight is 738 g/mol. The predicted octanol–water partition coefficient (Wildman–Crippen LogP) is 11.1. The maximum atomic E-state index is 14.0. The number of aliphatic carboxylic acids is 1. The molecule has 10 atom stereocenters. The van der Waals surface area contributed by atoms with Crippen molar-refractivity contribution in [1.29, 1.82) is 0 Å². The van der Waals surface area contributed by atoms with Crippen LogP contribution in [0.2, 0.25) is 0 Å². The number of hydrogen-bond donors (Lipinski definition) is 3. The summed E-state index contributed by atoms with van der Waals surface area (Å²) in [7, 11) is 0. The fourth-order valence-corrected chi connectivity index (χ4v) is 16.0. The number of halogens is 1. The smallest absolute Gasteiger partial charge is 0.312 e. The Morgan fingerprint density at radius 1 is 0.904 bits per heavy atom. The minimum Gasteiger partial charge on any atom is -0.481 e. The van der Waals surface area contributed by atoms with E-state index in [-0.39, 0.29) is 27.2 Å². The van der Waals surface area contributed by atoms with Gasteiger partial charge in [-0.05, 0) is 191 Å². The van der Waals surface area contributed by atoms with E-state index in [4.69, 9.17) is 0 Å². The van der Waals surface area contributed by atoms with E-state index in [0.717, 1.165) is 45.1 Å². The van der Waals surface area contributed by atoms with Crippen LogP contribution in [-0.2, 0) is 4.79 Å². The fraction of sp³-hybridized carbons (Fsp3) is 0.848. The summed E-state index contributed by atoms with van der Waals surface area (Å²) in [5, 5.41) is 26.4. The maximum absolute atomic E-state index is 14.0. The summed E-state index contributed by atoms with van der Waals surface area (Å²) >= 11 is 1.97. The van der Waals surface area contributed by atoms with Crippen LogP contribution in [0, 0.1) is 56.7 Å². The van der Waals surface area contributed by atoms with Crippen molar-refractivity contribution in [3.05, 3.63) is 35.5 Å². The van der Waals surface area contributed by atoms with Gasteiger partial charge in [0.2, 0.25) is 0 Å². The van der Waals surface area contributed by atoms with Crippen LogP contribution in [0.1, 0.15) is 151 Å². The van der Waals surface area contributed by atoms with Gasteiger partial charge in [0.25, 0.3) is 0 Å². The Labute approximate surface area is 320 Å². The van der Waals surface area contributed by atoms with Crippen molar-refractivity contribution in [2.24, 2.45) is 56.7 Å². The Morgan fingerprint density at radius 2 is 1.63 bits per heavy atom. The van der Waals surface area contributed by atoms with Gasteiger partial charge in [0.1, 0.15) is 6.67 Å². The largest absolute Gasteiger partial charge is 0.481 e. The second-order valence-electron chi connectivity index (χ2n) is 20.9. The van der Waals surface area contributed by atoms with E-state index >= 15 is 0 Å². The molecule has 0 spiro atoms. The number of carbonyl (C=O) groups is 1. The zero-order valence-electron chi connectivity index (χ0n) is 33.8. The molecule has 7 aliphatic carbocycles. The van der Waals surface area contributed by atoms with Crippen molar-refractivity contribution in [3.8, 4) is 0 Å². The van der Waals surface area contributed by atoms with Gasteiger partial charge in [-0.3, -0.25) is 4.79 Å². The van der Waals surface area contributed by atoms with Crippen molar-refractivity contribution < 1.29 is 19.4 Å². The van der Waals surface area contributed by atoms with Crippen molar-refractivity contribution in [2.45, 2.75) is 167 Å². The molecule has 0 aromatic carbocycles. The number of allylic oxidation sites excluding steroid dienone is 5. The Balaban J connectivity index is 1.13. The first kappa shape index (κ1) is 39.1. The van der Waals surface area contributed by atoms with Crippen molar-refractivity contribution in [2.75, 3.05) is 19.5 Å². The van der Waals surface area contributed by atoms with Gasteiger partial charge in [-0.15, -0.1) is 0 Å². The molecule has 4 nitrogen and oxygen atoms in total. The third-order valence-electron chi connectivity index (χ3n) is 18.6. The number of aliphatic hydroxyl groups is 1. The summed E-state index contributed by atoms with van der Waals surface area (Å²) in [5.74, 6) is 2.12. The number of rotatable bonds is 9. The average Bonchev–Trinajstić information content (AvgIpc) is 3.49.